The number of rotatable bonds is 7. The van der Waals surface area contributed by atoms with E-state index < -0.39 is 18.2 Å². The summed E-state index contributed by atoms with van der Waals surface area (Å²) in [4.78, 5) is 19.9. The highest BCUT2D eigenvalue weighted by Crippen LogP contribution is 2.41. The number of anilines is 1. The summed E-state index contributed by atoms with van der Waals surface area (Å²) in [7, 11) is 1.58. The molecule has 4 heterocycles. The molecular weight excluding hydrogens is 525 g/mol. The lowest BCUT2D eigenvalue weighted by Crippen LogP contribution is -2.36. The number of imidazole rings is 1. The number of methoxy groups -OCH3 is 1. The van der Waals surface area contributed by atoms with Gasteiger partial charge in [-0.2, -0.15) is 5.10 Å². The number of ether oxygens (including phenoxy) is 3. The van der Waals surface area contributed by atoms with Gasteiger partial charge in [-0.15, -0.1) is 0 Å². The van der Waals surface area contributed by atoms with Crippen LogP contribution < -0.4 is 9.64 Å². The van der Waals surface area contributed by atoms with E-state index in [1.54, 1.807) is 31.1 Å². The third-order valence-corrected chi connectivity index (χ3v) is 7.61. The van der Waals surface area contributed by atoms with Crippen LogP contribution in [0.1, 0.15) is 24.4 Å². The van der Waals surface area contributed by atoms with Gasteiger partial charge in [0.05, 0.1) is 50.5 Å². The Bertz CT molecular complexity index is 1510. The third-order valence-electron chi connectivity index (χ3n) is 7.30. The Morgan fingerprint density at radius 1 is 1.26 bits per heavy atom. The van der Waals surface area contributed by atoms with Crippen molar-refractivity contribution in [3.05, 3.63) is 59.3 Å². The van der Waals surface area contributed by atoms with Crippen LogP contribution in [0, 0.1) is 0 Å². The summed E-state index contributed by atoms with van der Waals surface area (Å²) in [5.41, 5.74) is 4.42. The maximum atomic E-state index is 14.2. The number of aromatic nitrogens is 4. The number of benzene rings is 2. The highest BCUT2D eigenvalue weighted by atomic mass is 35.5. The van der Waals surface area contributed by atoms with Crippen LogP contribution in [0.4, 0.5) is 10.1 Å². The minimum absolute atomic E-state index is 0.181. The van der Waals surface area contributed by atoms with Crippen LogP contribution in [0.15, 0.2) is 42.9 Å². The number of fused-ring (bicyclic) bond motifs is 2. The largest absolute Gasteiger partial charge is 0.494 e. The smallest absolute Gasteiger partial charge is 0.337 e. The van der Waals surface area contributed by atoms with E-state index >= 15 is 0 Å². The molecule has 2 aliphatic rings. The van der Waals surface area contributed by atoms with Gasteiger partial charge in [-0.25, -0.2) is 14.2 Å². The summed E-state index contributed by atoms with van der Waals surface area (Å²) in [6, 6.07) is 9.07. The van der Waals surface area contributed by atoms with Gasteiger partial charge >= 0.3 is 5.97 Å². The maximum absolute atomic E-state index is 14.2. The van der Waals surface area contributed by atoms with Gasteiger partial charge in [0.25, 0.3) is 0 Å². The van der Waals surface area contributed by atoms with Gasteiger partial charge in [0, 0.05) is 48.0 Å². The van der Waals surface area contributed by atoms with Crippen molar-refractivity contribution in [3.63, 3.8) is 0 Å². The molecule has 0 N–H and O–H groups in total. The number of morpholine rings is 1. The van der Waals surface area contributed by atoms with E-state index in [9.17, 15) is 9.18 Å². The summed E-state index contributed by atoms with van der Waals surface area (Å²) in [5.74, 6) is 0.0110. The van der Waals surface area contributed by atoms with Crippen molar-refractivity contribution in [2.45, 2.75) is 32.1 Å². The number of alkyl halides is 1. The molecule has 9 nitrogen and oxygen atoms in total. The molecule has 1 fully saturated rings. The van der Waals surface area contributed by atoms with Crippen molar-refractivity contribution in [1.29, 1.82) is 0 Å². The predicted molar refractivity (Wildman–Crippen MR) is 145 cm³/mol. The minimum Gasteiger partial charge on any atom is -0.494 e. The van der Waals surface area contributed by atoms with Crippen LogP contribution in [-0.4, -0.2) is 71.5 Å². The molecule has 0 radical (unpaired) electrons. The summed E-state index contributed by atoms with van der Waals surface area (Å²) < 4.78 is 34.1. The molecule has 204 valence electrons. The molecule has 39 heavy (non-hydrogen) atoms. The lowest BCUT2D eigenvalue weighted by Gasteiger charge is -2.29. The second-order valence-corrected chi connectivity index (χ2v) is 10.0. The summed E-state index contributed by atoms with van der Waals surface area (Å²) in [5, 5.41) is 5.85. The normalized spacial score (nSPS) is 17.8. The van der Waals surface area contributed by atoms with Crippen molar-refractivity contribution in [2.75, 3.05) is 44.9 Å². The maximum Gasteiger partial charge on any atom is 0.337 e. The lowest BCUT2D eigenvalue weighted by atomic mass is 10.0. The molecule has 2 aromatic carbocycles. The molecule has 4 aromatic rings. The fourth-order valence-corrected chi connectivity index (χ4v) is 5.69. The number of hydrogen-bond donors (Lipinski definition) is 0. The zero-order valence-corrected chi connectivity index (χ0v) is 22.5. The average Bonchev–Trinajstić information content (AvgIpc) is 3.65. The summed E-state index contributed by atoms with van der Waals surface area (Å²) in [6.07, 6.45) is 2.42. The van der Waals surface area contributed by atoms with Crippen molar-refractivity contribution < 1.29 is 23.4 Å². The molecule has 1 unspecified atom stereocenters. The number of nitrogens with zero attached hydrogens (tertiary/aromatic N) is 5. The van der Waals surface area contributed by atoms with Crippen LogP contribution in [0.3, 0.4) is 0 Å². The van der Waals surface area contributed by atoms with Gasteiger partial charge in [0.2, 0.25) is 0 Å². The van der Waals surface area contributed by atoms with E-state index in [4.69, 9.17) is 30.9 Å². The van der Waals surface area contributed by atoms with E-state index in [0.29, 0.717) is 46.3 Å². The van der Waals surface area contributed by atoms with Crippen molar-refractivity contribution in [1.82, 2.24) is 19.3 Å². The standard InChI is InChI=1S/C28H29ClFN5O4/c1-3-39-28(36)26(25-23-12-18(30)14-34(23)16-31-25)35-15-21-22(29)13-20(27(37-2)24(21)32-35)17-4-6-19(7-5-17)33-8-10-38-11-9-33/h4-7,13,15-16,18,26H,3,8-12,14H2,1-2H3/t18-,26?/m1/s1. The first-order valence-electron chi connectivity index (χ1n) is 13.0. The van der Waals surface area contributed by atoms with Gasteiger partial charge in [0.1, 0.15) is 11.7 Å². The quantitative estimate of drug-likeness (QED) is 0.313. The Labute approximate surface area is 230 Å². The van der Waals surface area contributed by atoms with E-state index in [1.807, 2.05) is 18.2 Å². The molecule has 0 saturated carbocycles. The van der Waals surface area contributed by atoms with Gasteiger partial charge < -0.3 is 23.7 Å². The number of hydrogen-bond acceptors (Lipinski definition) is 7. The van der Waals surface area contributed by atoms with E-state index in [1.165, 1.54) is 4.68 Å². The molecule has 0 aliphatic carbocycles. The number of halogens is 2. The number of esters is 1. The Kier molecular flexibility index (Phi) is 6.90. The molecule has 0 amide bonds. The van der Waals surface area contributed by atoms with E-state index in [2.05, 4.69) is 22.0 Å². The fourth-order valence-electron chi connectivity index (χ4n) is 5.44. The van der Waals surface area contributed by atoms with Crippen molar-refractivity contribution in [2.24, 2.45) is 0 Å². The van der Waals surface area contributed by atoms with E-state index in [-0.39, 0.29) is 19.6 Å². The monoisotopic (exact) mass is 553 g/mol. The Morgan fingerprint density at radius 3 is 2.74 bits per heavy atom. The lowest BCUT2D eigenvalue weighted by molar-refractivity contribution is -0.146. The number of carbonyl (C=O) groups excluding carboxylic acids is 1. The van der Waals surface area contributed by atoms with Gasteiger partial charge in [-0.05, 0) is 30.7 Å². The molecule has 0 spiro atoms. The van der Waals surface area contributed by atoms with Crippen LogP contribution in [0.2, 0.25) is 5.02 Å². The van der Waals surface area contributed by atoms with Gasteiger partial charge in [0.15, 0.2) is 11.8 Å². The molecule has 11 heteroatoms. The van der Waals surface area contributed by atoms with Crippen LogP contribution in [0.25, 0.3) is 22.0 Å². The Morgan fingerprint density at radius 2 is 2.03 bits per heavy atom. The molecule has 6 rings (SSSR count). The van der Waals surface area contributed by atoms with E-state index in [0.717, 1.165) is 29.9 Å². The summed E-state index contributed by atoms with van der Waals surface area (Å²) >= 11 is 6.77. The minimum atomic E-state index is -1.02. The topological polar surface area (TPSA) is 83.6 Å². The molecule has 0 bridgehead atoms. The van der Waals surface area contributed by atoms with Crippen LogP contribution in [0.5, 0.6) is 5.75 Å². The molecular formula is C28H29ClFN5O4. The highest BCUT2D eigenvalue weighted by molar-refractivity contribution is 6.36. The first-order valence-corrected chi connectivity index (χ1v) is 13.4. The molecule has 2 aromatic heterocycles. The Hall–Kier alpha value is -3.63. The second-order valence-electron chi connectivity index (χ2n) is 9.64. The average molecular weight is 554 g/mol. The Balaban J connectivity index is 1.42. The van der Waals surface area contributed by atoms with Crippen molar-refractivity contribution in [3.8, 4) is 16.9 Å². The van der Waals surface area contributed by atoms with Crippen LogP contribution >= 0.6 is 11.6 Å². The first kappa shape index (κ1) is 25.6. The van der Waals surface area contributed by atoms with Gasteiger partial charge in [-0.1, -0.05) is 23.7 Å². The molecule has 2 aliphatic heterocycles. The zero-order valence-electron chi connectivity index (χ0n) is 21.8. The third kappa shape index (κ3) is 4.61. The van der Waals surface area contributed by atoms with Crippen LogP contribution in [-0.2, 0) is 27.2 Å². The predicted octanol–water partition coefficient (Wildman–Crippen LogP) is 4.45. The number of carbonyl (C=O) groups is 1. The second kappa shape index (κ2) is 10.5. The zero-order chi connectivity index (χ0) is 27.1. The molecule has 2 atom stereocenters. The van der Waals surface area contributed by atoms with Crippen molar-refractivity contribution >= 4 is 34.2 Å². The molecule has 1 saturated heterocycles. The summed E-state index contributed by atoms with van der Waals surface area (Å²) in [6.45, 7) is 5.27. The SMILES string of the molecule is CCOC(=O)C(c1ncn2c1C[C@@H](F)C2)n1cc2c(Cl)cc(-c3ccc(N4CCOCC4)cc3)c(OC)c2n1. The highest BCUT2D eigenvalue weighted by Gasteiger charge is 2.35. The fraction of sp³-hybridized carbons (Fsp3) is 0.393. The first-order chi connectivity index (χ1) is 19.0. The van der Waals surface area contributed by atoms with Gasteiger partial charge in [-0.3, -0.25) is 4.68 Å².